The monoisotopic (exact) mass is 351 g/mol. The molecule has 1 saturated carbocycles. The third-order valence-electron chi connectivity index (χ3n) is 5.87. The van der Waals surface area contributed by atoms with Gasteiger partial charge in [-0.15, -0.1) is 0 Å². The maximum absolute atomic E-state index is 14.0. The van der Waals surface area contributed by atoms with E-state index in [0.717, 1.165) is 25.3 Å². The molecule has 0 bridgehead atoms. The van der Waals surface area contributed by atoms with E-state index in [4.69, 9.17) is 5.73 Å². The van der Waals surface area contributed by atoms with Gasteiger partial charge in [-0.05, 0) is 38.3 Å². The summed E-state index contributed by atoms with van der Waals surface area (Å²) < 4.78 is 27.1. The van der Waals surface area contributed by atoms with Gasteiger partial charge in [0.25, 0.3) is 0 Å². The summed E-state index contributed by atoms with van der Waals surface area (Å²) in [6, 6.07) is 3.60. The van der Waals surface area contributed by atoms with E-state index in [1.807, 2.05) is 11.8 Å². The fourth-order valence-electron chi connectivity index (χ4n) is 4.25. The molecule has 1 aliphatic carbocycles. The largest absolute Gasteiger partial charge is 0.340 e. The van der Waals surface area contributed by atoms with Gasteiger partial charge in [0, 0.05) is 49.8 Å². The van der Waals surface area contributed by atoms with Gasteiger partial charge in [-0.2, -0.15) is 0 Å². The molecule has 3 rings (SSSR count). The molecule has 0 spiro atoms. The standard InChI is InChI=1S/C19H27F2N3O/c1-13(16-6-5-15(20)11-18(16)21)23-7-9-24(10-8-23)19(25)17-4-2-3-14(17)12-22/h5-6,11,13-14,17H,2-4,7-10,12,22H2,1H3/t13?,14-,17-/m1/s1. The number of piperazine rings is 1. The third-order valence-corrected chi connectivity index (χ3v) is 5.87. The molecule has 4 nitrogen and oxygen atoms in total. The Morgan fingerprint density at radius 3 is 2.60 bits per heavy atom. The summed E-state index contributed by atoms with van der Waals surface area (Å²) >= 11 is 0. The molecule has 2 N–H and O–H groups in total. The molecule has 6 heteroatoms. The van der Waals surface area contributed by atoms with Crippen molar-refractivity contribution in [2.24, 2.45) is 17.6 Å². The van der Waals surface area contributed by atoms with Gasteiger partial charge in [0.1, 0.15) is 11.6 Å². The minimum atomic E-state index is -0.560. The van der Waals surface area contributed by atoms with Gasteiger partial charge in [-0.3, -0.25) is 9.69 Å². The number of nitrogens with two attached hydrogens (primary N) is 1. The summed E-state index contributed by atoms with van der Waals surface area (Å²) in [6.07, 6.45) is 3.07. The third kappa shape index (κ3) is 3.85. The number of nitrogens with zero attached hydrogens (tertiary/aromatic N) is 2. The van der Waals surface area contributed by atoms with Crippen molar-refractivity contribution in [1.82, 2.24) is 9.80 Å². The van der Waals surface area contributed by atoms with Gasteiger partial charge in [0.05, 0.1) is 0 Å². The number of halogens is 2. The number of rotatable bonds is 4. The fraction of sp³-hybridized carbons (Fsp3) is 0.632. The van der Waals surface area contributed by atoms with Gasteiger partial charge < -0.3 is 10.6 Å². The number of carbonyl (C=O) groups is 1. The second-order valence-electron chi connectivity index (χ2n) is 7.24. The zero-order valence-electron chi connectivity index (χ0n) is 14.8. The lowest BCUT2D eigenvalue weighted by atomic mass is 9.94. The molecule has 0 radical (unpaired) electrons. The second kappa shape index (κ2) is 7.79. The minimum Gasteiger partial charge on any atom is -0.340 e. The van der Waals surface area contributed by atoms with E-state index in [2.05, 4.69) is 4.90 Å². The van der Waals surface area contributed by atoms with Gasteiger partial charge >= 0.3 is 0 Å². The number of hydrogen-bond donors (Lipinski definition) is 1. The summed E-state index contributed by atoms with van der Waals surface area (Å²) in [6.45, 7) is 5.21. The van der Waals surface area contributed by atoms with Crippen molar-refractivity contribution >= 4 is 5.91 Å². The predicted octanol–water partition coefficient (Wildman–Crippen LogP) is 2.55. The van der Waals surface area contributed by atoms with Crippen molar-refractivity contribution < 1.29 is 13.6 Å². The summed E-state index contributed by atoms with van der Waals surface area (Å²) in [7, 11) is 0. The number of hydrogen-bond acceptors (Lipinski definition) is 3. The van der Waals surface area contributed by atoms with Crippen LogP contribution in [0.25, 0.3) is 0 Å². The highest BCUT2D eigenvalue weighted by Gasteiger charge is 2.36. The quantitative estimate of drug-likeness (QED) is 0.907. The van der Waals surface area contributed by atoms with Crippen LogP contribution in [-0.4, -0.2) is 48.4 Å². The molecule has 3 atom stereocenters. The van der Waals surface area contributed by atoms with Crippen LogP contribution in [0.3, 0.4) is 0 Å². The first-order valence-corrected chi connectivity index (χ1v) is 9.19. The number of carbonyl (C=O) groups excluding carboxylic acids is 1. The van der Waals surface area contributed by atoms with Crippen LogP contribution in [0.15, 0.2) is 18.2 Å². The van der Waals surface area contributed by atoms with Crippen LogP contribution in [0.2, 0.25) is 0 Å². The van der Waals surface area contributed by atoms with Gasteiger partial charge in [0.15, 0.2) is 0 Å². The Morgan fingerprint density at radius 2 is 1.96 bits per heavy atom. The highest BCUT2D eigenvalue weighted by atomic mass is 19.1. The van der Waals surface area contributed by atoms with Crippen molar-refractivity contribution in [3.05, 3.63) is 35.4 Å². The first kappa shape index (κ1) is 18.3. The summed E-state index contributed by atoms with van der Waals surface area (Å²) in [5.41, 5.74) is 6.30. The van der Waals surface area contributed by atoms with Crippen molar-refractivity contribution in [1.29, 1.82) is 0 Å². The van der Waals surface area contributed by atoms with E-state index in [1.54, 1.807) is 0 Å². The highest BCUT2D eigenvalue weighted by Crippen LogP contribution is 2.33. The van der Waals surface area contributed by atoms with E-state index in [-0.39, 0.29) is 17.9 Å². The maximum Gasteiger partial charge on any atom is 0.226 e. The Kier molecular flexibility index (Phi) is 5.69. The van der Waals surface area contributed by atoms with Crippen molar-refractivity contribution in [2.75, 3.05) is 32.7 Å². The molecule has 1 amide bonds. The minimum absolute atomic E-state index is 0.0727. The van der Waals surface area contributed by atoms with Crippen LogP contribution in [0, 0.1) is 23.5 Å². The van der Waals surface area contributed by atoms with Crippen LogP contribution in [0.4, 0.5) is 8.78 Å². The van der Waals surface area contributed by atoms with Crippen molar-refractivity contribution in [2.45, 2.75) is 32.2 Å². The Hall–Kier alpha value is -1.53. The molecule has 138 valence electrons. The molecule has 1 aromatic carbocycles. The van der Waals surface area contributed by atoms with Crippen LogP contribution in [0.5, 0.6) is 0 Å². The smallest absolute Gasteiger partial charge is 0.226 e. The van der Waals surface area contributed by atoms with Gasteiger partial charge in [0.2, 0.25) is 5.91 Å². The SMILES string of the molecule is CC(c1ccc(F)cc1F)N1CCN(C(=O)[C@@H]2CCC[C@@H]2CN)CC1. The summed E-state index contributed by atoms with van der Waals surface area (Å²) in [4.78, 5) is 16.8. The van der Waals surface area contributed by atoms with E-state index in [9.17, 15) is 13.6 Å². The maximum atomic E-state index is 14.0. The van der Waals surface area contributed by atoms with Crippen molar-refractivity contribution in [3.8, 4) is 0 Å². The first-order chi connectivity index (χ1) is 12.0. The first-order valence-electron chi connectivity index (χ1n) is 9.19. The van der Waals surface area contributed by atoms with Crippen LogP contribution >= 0.6 is 0 Å². The predicted molar refractivity (Wildman–Crippen MR) is 92.8 cm³/mol. The molecule has 1 saturated heterocycles. The lowest BCUT2D eigenvalue weighted by molar-refractivity contribution is -0.138. The number of benzene rings is 1. The van der Waals surface area contributed by atoms with Crippen LogP contribution in [0.1, 0.15) is 37.8 Å². The molecule has 1 heterocycles. The zero-order valence-corrected chi connectivity index (χ0v) is 14.8. The zero-order chi connectivity index (χ0) is 18.0. The average molecular weight is 351 g/mol. The molecule has 2 fully saturated rings. The fourth-order valence-corrected chi connectivity index (χ4v) is 4.25. The lowest BCUT2D eigenvalue weighted by Gasteiger charge is -2.39. The molecule has 25 heavy (non-hydrogen) atoms. The molecule has 1 aliphatic heterocycles. The molecule has 1 unspecified atom stereocenters. The highest BCUT2D eigenvalue weighted by molar-refractivity contribution is 5.79. The Morgan fingerprint density at radius 1 is 1.24 bits per heavy atom. The number of amides is 1. The average Bonchev–Trinajstić information content (AvgIpc) is 3.09. The second-order valence-corrected chi connectivity index (χ2v) is 7.24. The van der Waals surface area contributed by atoms with E-state index < -0.39 is 11.6 Å². The Bertz CT molecular complexity index is 617. The van der Waals surface area contributed by atoms with Crippen LogP contribution in [-0.2, 0) is 4.79 Å². The van der Waals surface area contributed by atoms with Crippen molar-refractivity contribution in [3.63, 3.8) is 0 Å². The molecule has 2 aliphatic rings. The molecular weight excluding hydrogens is 324 g/mol. The Balaban J connectivity index is 1.59. The molecule has 1 aromatic rings. The topological polar surface area (TPSA) is 49.6 Å². The molecular formula is C19H27F2N3O. The summed E-state index contributed by atoms with van der Waals surface area (Å²) in [5.74, 6) is -0.452. The lowest BCUT2D eigenvalue weighted by Crippen LogP contribution is -2.51. The van der Waals surface area contributed by atoms with E-state index in [0.29, 0.717) is 44.2 Å². The summed E-state index contributed by atoms with van der Waals surface area (Å²) in [5, 5.41) is 0. The van der Waals surface area contributed by atoms with E-state index >= 15 is 0 Å². The Labute approximate surface area is 148 Å². The normalized spacial score (nSPS) is 26.0. The van der Waals surface area contributed by atoms with Crippen LogP contribution < -0.4 is 5.73 Å². The molecule has 0 aromatic heterocycles. The van der Waals surface area contributed by atoms with Gasteiger partial charge in [-0.1, -0.05) is 12.5 Å². The van der Waals surface area contributed by atoms with E-state index in [1.165, 1.54) is 12.1 Å². The van der Waals surface area contributed by atoms with Gasteiger partial charge in [-0.25, -0.2) is 8.78 Å².